The third-order valence-electron chi connectivity index (χ3n) is 3.12. The Balaban J connectivity index is 1.99. The maximum atomic E-state index is 9.25. The molecule has 1 aliphatic rings. The van der Waals surface area contributed by atoms with Gasteiger partial charge in [-0.05, 0) is 32.2 Å². The molecule has 0 aromatic carbocycles. The molecular formula is C12H25NO2. The second-order valence-corrected chi connectivity index (χ2v) is 4.84. The van der Waals surface area contributed by atoms with E-state index >= 15 is 0 Å². The second-order valence-electron chi connectivity index (χ2n) is 4.84. The van der Waals surface area contributed by atoms with E-state index in [0.29, 0.717) is 0 Å². The molecule has 0 aromatic rings. The van der Waals surface area contributed by atoms with Gasteiger partial charge in [-0.25, -0.2) is 0 Å². The molecule has 1 saturated carbocycles. The number of hydrogen-bond donors (Lipinski definition) is 2. The zero-order valence-electron chi connectivity index (χ0n) is 10.1. The fraction of sp³-hybridized carbons (Fsp3) is 1.00. The number of ether oxygens (including phenoxy) is 1. The van der Waals surface area contributed by atoms with E-state index in [1.54, 1.807) is 0 Å². The summed E-state index contributed by atoms with van der Waals surface area (Å²) in [5.41, 5.74) is -0.172. The Morgan fingerprint density at radius 1 is 1.40 bits per heavy atom. The minimum Gasteiger partial charge on any atom is -0.394 e. The summed E-state index contributed by atoms with van der Waals surface area (Å²) in [5, 5.41) is 12.5. The van der Waals surface area contributed by atoms with Crippen LogP contribution in [0.4, 0.5) is 0 Å². The van der Waals surface area contributed by atoms with Gasteiger partial charge in [-0.2, -0.15) is 0 Å². The largest absolute Gasteiger partial charge is 0.394 e. The van der Waals surface area contributed by atoms with Crippen LogP contribution in [0.2, 0.25) is 0 Å². The van der Waals surface area contributed by atoms with Gasteiger partial charge < -0.3 is 15.2 Å². The molecule has 0 amide bonds. The normalized spacial score (nSPS) is 20.2. The van der Waals surface area contributed by atoms with Gasteiger partial charge in [-0.1, -0.05) is 19.8 Å². The van der Waals surface area contributed by atoms with Crippen LogP contribution in [0, 0.1) is 5.92 Å². The fourth-order valence-corrected chi connectivity index (χ4v) is 1.71. The van der Waals surface area contributed by atoms with E-state index in [1.807, 2.05) is 6.92 Å². The highest BCUT2D eigenvalue weighted by Crippen LogP contribution is 2.32. The van der Waals surface area contributed by atoms with Gasteiger partial charge in [0.05, 0.1) is 6.61 Å². The molecule has 1 unspecified atom stereocenters. The van der Waals surface area contributed by atoms with Crippen molar-refractivity contribution in [3.05, 3.63) is 0 Å². The topological polar surface area (TPSA) is 41.5 Å². The van der Waals surface area contributed by atoms with Gasteiger partial charge in [0.2, 0.25) is 0 Å². The van der Waals surface area contributed by atoms with Gasteiger partial charge in [-0.15, -0.1) is 0 Å². The minimum absolute atomic E-state index is 0.172. The molecule has 0 saturated heterocycles. The molecular weight excluding hydrogens is 190 g/mol. The molecule has 3 nitrogen and oxygen atoms in total. The Labute approximate surface area is 93.2 Å². The SMILES string of the molecule is CCNC(C)(CO)CCOCCC1CC1. The number of rotatable bonds is 9. The molecule has 1 rings (SSSR count). The summed E-state index contributed by atoms with van der Waals surface area (Å²) in [6.07, 6.45) is 4.89. The lowest BCUT2D eigenvalue weighted by molar-refractivity contribution is 0.0845. The molecule has 15 heavy (non-hydrogen) atoms. The van der Waals surface area contributed by atoms with Crippen molar-refractivity contribution in [1.29, 1.82) is 0 Å². The number of likely N-dealkylation sites (N-methyl/N-ethyl adjacent to an activating group) is 1. The Morgan fingerprint density at radius 3 is 2.67 bits per heavy atom. The van der Waals surface area contributed by atoms with Crippen LogP contribution in [0.3, 0.4) is 0 Å². The molecule has 1 atom stereocenters. The van der Waals surface area contributed by atoms with Gasteiger partial charge in [-0.3, -0.25) is 0 Å². The van der Waals surface area contributed by atoms with Crippen molar-refractivity contribution in [3.8, 4) is 0 Å². The molecule has 0 heterocycles. The predicted octanol–water partition coefficient (Wildman–Crippen LogP) is 1.55. The van der Waals surface area contributed by atoms with Crippen molar-refractivity contribution >= 4 is 0 Å². The van der Waals surface area contributed by atoms with E-state index in [2.05, 4.69) is 12.2 Å². The van der Waals surface area contributed by atoms with Crippen LogP contribution < -0.4 is 5.32 Å². The van der Waals surface area contributed by atoms with Crippen LogP contribution in [0.15, 0.2) is 0 Å². The first-order chi connectivity index (χ1) is 7.20. The highest BCUT2D eigenvalue weighted by Gasteiger charge is 2.22. The molecule has 1 fully saturated rings. The van der Waals surface area contributed by atoms with E-state index < -0.39 is 0 Å². The van der Waals surface area contributed by atoms with Crippen molar-refractivity contribution in [3.63, 3.8) is 0 Å². The van der Waals surface area contributed by atoms with E-state index in [0.717, 1.165) is 32.1 Å². The van der Waals surface area contributed by atoms with Gasteiger partial charge in [0, 0.05) is 18.8 Å². The van der Waals surface area contributed by atoms with Crippen LogP contribution in [-0.4, -0.2) is 37.0 Å². The standard InChI is InChI=1S/C12H25NO2/c1-3-13-12(2,10-14)7-9-15-8-6-11-4-5-11/h11,13-14H,3-10H2,1-2H3. The molecule has 0 aromatic heterocycles. The Hall–Kier alpha value is -0.120. The highest BCUT2D eigenvalue weighted by atomic mass is 16.5. The average Bonchev–Trinajstić information content (AvgIpc) is 3.02. The van der Waals surface area contributed by atoms with Crippen molar-refractivity contribution in [2.24, 2.45) is 5.92 Å². The third-order valence-corrected chi connectivity index (χ3v) is 3.12. The van der Waals surface area contributed by atoms with E-state index in [-0.39, 0.29) is 12.1 Å². The van der Waals surface area contributed by atoms with Gasteiger partial charge in [0.15, 0.2) is 0 Å². The summed E-state index contributed by atoms with van der Waals surface area (Å²) in [6, 6.07) is 0. The smallest absolute Gasteiger partial charge is 0.0611 e. The molecule has 1 aliphatic carbocycles. The molecule has 0 spiro atoms. The Bertz CT molecular complexity index is 171. The average molecular weight is 215 g/mol. The fourth-order valence-electron chi connectivity index (χ4n) is 1.71. The van der Waals surface area contributed by atoms with Gasteiger partial charge in [0.1, 0.15) is 0 Å². The molecule has 0 aliphatic heterocycles. The molecule has 0 radical (unpaired) electrons. The van der Waals surface area contributed by atoms with Crippen LogP contribution in [0.1, 0.15) is 39.5 Å². The van der Waals surface area contributed by atoms with Gasteiger partial charge >= 0.3 is 0 Å². The lowest BCUT2D eigenvalue weighted by Gasteiger charge is -2.28. The zero-order valence-corrected chi connectivity index (χ0v) is 10.1. The quantitative estimate of drug-likeness (QED) is 0.573. The van der Waals surface area contributed by atoms with E-state index in [1.165, 1.54) is 19.3 Å². The summed E-state index contributed by atoms with van der Waals surface area (Å²) in [5.74, 6) is 0.947. The first-order valence-corrected chi connectivity index (χ1v) is 6.14. The zero-order chi connectivity index (χ0) is 11.1. The van der Waals surface area contributed by atoms with Crippen LogP contribution >= 0.6 is 0 Å². The van der Waals surface area contributed by atoms with Crippen LogP contribution in [0.5, 0.6) is 0 Å². The lowest BCUT2D eigenvalue weighted by Crippen LogP contribution is -2.46. The summed E-state index contributed by atoms with van der Waals surface area (Å²) in [6.45, 7) is 6.80. The maximum Gasteiger partial charge on any atom is 0.0611 e. The van der Waals surface area contributed by atoms with Crippen molar-refractivity contribution < 1.29 is 9.84 Å². The minimum atomic E-state index is -0.172. The highest BCUT2D eigenvalue weighted by molar-refractivity contribution is 4.81. The summed E-state index contributed by atoms with van der Waals surface area (Å²) < 4.78 is 5.58. The van der Waals surface area contributed by atoms with Crippen LogP contribution in [-0.2, 0) is 4.74 Å². The van der Waals surface area contributed by atoms with Crippen LogP contribution in [0.25, 0.3) is 0 Å². The predicted molar refractivity (Wildman–Crippen MR) is 61.9 cm³/mol. The van der Waals surface area contributed by atoms with E-state index in [4.69, 9.17) is 4.74 Å². The summed E-state index contributed by atoms with van der Waals surface area (Å²) >= 11 is 0. The second kappa shape index (κ2) is 6.46. The van der Waals surface area contributed by atoms with Crippen molar-refractivity contribution in [1.82, 2.24) is 5.32 Å². The lowest BCUT2D eigenvalue weighted by atomic mass is 10.00. The molecule has 0 bridgehead atoms. The molecule has 90 valence electrons. The molecule has 2 N–H and O–H groups in total. The first kappa shape index (κ1) is 12.9. The first-order valence-electron chi connectivity index (χ1n) is 6.14. The Kier molecular flexibility index (Phi) is 5.58. The number of aliphatic hydroxyl groups excluding tert-OH is 1. The summed E-state index contributed by atoms with van der Waals surface area (Å²) in [7, 11) is 0. The monoisotopic (exact) mass is 215 g/mol. The van der Waals surface area contributed by atoms with Crippen molar-refractivity contribution in [2.45, 2.75) is 45.1 Å². The summed E-state index contributed by atoms with van der Waals surface area (Å²) in [4.78, 5) is 0. The van der Waals surface area contributed by atoms with E-state index in [9.17, 15) is 5.11 Å². The number of hydrogen-bond acceptors (Lipinski definition) is 3. The maximum absolute atomic E-state index is 9.25. The Morgan fingerprint density at radius 2 is 2.13 bits per heavy atom. The van der Waals surface area contributed by atoms with Crippen molar-refractivity contribution in [2.75, 3.05) is 26.4 Å². The third kappa shape index (κ3) is 5.50. The van der Waals surface area contributed by atoms with Gasteiger partial charge in [0.25, 0.3) is 0 Å². The number of nitrogens with one attached hydrogen (secondary N) is 1. The number of aliphatic hydroxyl groups is 1. The molecule has 3 heteroatoms.